The molecular weight excluding hydrogens is 344 g/mol. The number of halogens is 1. The summed E-state index contributed by atoms with van der Waals surface area (Å²) in [5, 5.41) is 0.639. The summed E-state index contributed by atoms with van der Waals surface area (Å²) >= 11 is 5.87. The number of methoxy groups -OCH3 is 3. The van der Waals surface area contributed by atoms with Gasteiger partial charge in [0.15, 0.2) is 11.5 Å². The maximum atomic E-state index is 12.3. The van der Waals surface area contributed by atoms with Crippen molar-refractivity contribution in [1.29, 1.82) is 0 Å². The summed E-state index contributed by atoms with van der Waals surface area (Å²) in [5.74, 6) is 1.12. The second-order valence-electron chi connectivity index (χ2n) is 5.39. The fraction of sp³-hybridized carbons (Fsp3) is 0.316. The maximum Gasteiger partial charge on any atom is 0.310 e. The Morgan fingerprint density at radius 3 is 2.04 bits per heavy atom. The van der Waals surface area contributed by atoms with E-state index in [-0.39, 0.29) is 18.5 Å². The summed E-state index contributed by atoms with van der Waals surface area (Å²) in [6.07, 6.45) is -0.277. The molecule has 0 aliphatic heterocycles. The minimum atomic E-state index is -0.369. The van der Waals surface area contributed by atoms with Crippen molar-refractivity contribution in [3.63, 3.8) is 0 Å². The molecule has 25 heavy (non-hydrogen) atoms. The third-order valence-electron chi connectivity index (χ3n) is 3.72. The van der Waals surface area contributed by atoms with Crippen LogP contribution in [0.15, 0.2) is 36.4 Å². The zero-order valence-corrected chi connectivity index (χ0v) is 15.4. The Morgan fingerprint density at radius 2 is 1.56 bits per heavy atom. The van der Waals surface area contributed by atoms with Crippen LogP contribution in [0.5, 0.6) is 17.2 Å². The van der Waals surface area contributed by atoms with Gasteiger partial charge in [0.05, 0.1) is 27.8 Å². The van der Waals surface area contributed by atoms with Gasteiger partial charge >= 0.3 is 5.97 Å². The number of hydrogen-bond donors (Lipinski definition) is 0. The molecule has 0 saturated heterocycles. The molecule has 5 nitrogen and oxygen atoms in total. The third-order valence-corrected chi connectivity index (χ3v) is 3.97. The average Bonchev–Trinajstić information content (AvgIpc) is 2.61. The van der Waals surface area contributed by atoms with Gasteiger partial charge in [-0.15, -0.1) is 0 Å². The van der Waals surface area contributed by atoms with Crippen molar-refractivity contribution >= 4 is 17.6 Å². The zero-order chi connectivity index (χ0) is 18.4. The molecule has 2 aromatic carbocycles. The molecule has 0 radical (unpaired) electrons. The Labute approximate surface area is 152 Å². The zero-order valence-electron chi connectivity index (χ0n) is 14.7. The maximum absolute atomic E-state index is 12.3. The van der Waals surface area contributed by atoms with Gasteiger partial charge in [0.25, 0.3) is 0 Å². The van der Waals surface area contributed by atoms with Crippen LogP contribution >= 0.6 is 11.6 Å². The van der Waals surface area contributed by atoms with Crippen LogP contribution in [-0.4, -0.2) is 27.3 Å². The molecule has 0 aliphatic carbocycles. The monoisotopic (exact) mass is 364 g/mol. The van der Waals surface area contributed by atoms with E-state index in [0.29, 0.717) is 27.8 Å². The Morgan fingerprint density at radius 1 is 1.00 bits per heavy atom. The molecule has 0 aliphatic rings. The topological polar surface area (TPSA) is 54.0 Å². The second kappa shape index (κ2) is 8.62. The average molecular weight is 365 g/mol. The molecule has 0 N–H and O–H groups in total. The smallest absolute Gasteiger partial charge is 0.310 e. The minimum absolute atomic E-state index is 0.0919. The number of carbonyl (C=O) groups is 1. The van der Waals surface area contributed by atoms with Gasteiger partial charge in [-0.2, -0.15) is 0 Å². The van der Waals surface area contributed by atoms with Gasteiger partial charge in [0.1, 0.15) is 6.10 Å². The minimum Gasteiger partial charge on any atom is -0.493 e. The number of benzene rings is 2. The van der Waals surface area contributed by atoms with E-state index in [9.17, 15) is 4.79 Å². The second-order valence-corrected chi connectivity index (χ2v) is 5.83. The molecule has 0 aromatic heterocycles. The van der Waals surface area contributed by atoms with E-state index in [0.717, 1.165) is 5.56 Å². The Hall–Kier alpha value is -2.40. The van der Waals surface area contributed by atoms with Crippen molar-refractivity contribution in [3.8, 4) is 17.2 Å². The molecule has 0 heterocycles. The lowest BCUT2D eigenvalue weighted by atomic mass is 10.1. The molecule has 0 unspecified atom stereocenters. The van der Waals surface area contributed by atoms with Crippen LogP contribution in [-0.2, 0) is 16.0 Å². The molecule has 0 amide bonds. The Balaban J connectivity index is 2.10. The fourth-order valence-electron chi connectivity index (χ4n) is 2.44. The van der Waals surface area contributed by atoms with E-state index >= 15 is 0 Å². The van der Waals surface area contributed by atoms with Crippen LogP contribution in [0.25, 0.3) is 0 Å². The van der Waals surface area contributed by atoms with Crippen LogP contribution in [0, 0.1) is 0 Å². The van der Waals surface area contributed by atoms with E-state index < -0.39 is 0 Å². The van der Waals surface area contributed by atoms with Crippen molar-refractivity contribution in [2.75, 3.05) is 21.3 Å². The van der Waals surface area contributed by atoms with Crippen LogP contribution < -0.4 is 14.2 Å². The van der Waals surface area contributed by atoms with Gasteiger partial charge in [0.2, 0.25) is 5.75 Å². The number of ether oxygens (including phenoxy) is 4. The quantitative estimate of drug-likeness (QED) is 0.689. The normalized spacial score (nSPS) is 11.6. The lowest BCUT2D eigenvalue weighted by molar-refractivity contribution is -0.147. The van der Waals surface area contributed by atoms with Crippen LogP contribution in [0.1, 0.15) is 24.2 Å². The van der Waals surface area contributed by atoms with Gasteiger partial charge in [-0.25, -0.2) is 0 Å². The SMILES string of the molecule is COc1cc(CC(=O)O[C@@H](C)c2ccc(Cl)cc2)cc(OC)c1OC. The highest BCUT2D eigenvalue weighted by atomic mass is 35.5. The summed E-state index contributed by atoms with van der Waals surface area (Å²) in [6.45, 7) is 1.82. The van der Waals surface area contributed by atoms with Gasteiger partial charge in [-0.1, -0.05) is 23.7 Å². The van der Waals surface area contributed by atoms with Crippen LogP contribution in [0.3, 0.4) is 0 Å². The fourth-order valence-corrected chi connectivity index (χ4v) is 2.57. The molecule has 2 aromatic rings. The van der Waals surface area contributed by atoms with Crippen molar-refractivity contribution in [3.05, 3.63) is 52.5 Å². The van der Waals surface area contributed by atoms with Crippen molar-refractivity contribution < 1.29 is 23.7 Å². The summed E-state index contributed by atoms with van der Waals surface area (Å²) in [7, 11) is 4.59. The number of rotatable bonds is 7. The van der Waals surface area contributed by atoms with Crippen LogP contribution in [0.2, 0.25) is 5.02 Å². The van der Waals surface area contributed by atoms with Gasteiger partial charge in [-0.3, -0.25) is 4.79 Å². The summed E-state index contributed by atoms with van der Waals surface area (Å²) in [6, 6.07) is 10.7. The van der Waals surface area contributed by atoms with Crippen molar-refractivity contribution in [2.45, 2.75) is 19.4 Å². The predicted octanol–water partition coefficient (Wildman–Crippen LogP) is 4.21. The number of hydrogen-bond acceptors (Lipinski definition) is 5. The van der Waals surface area contributed by atoms with E-state index in [1.54, 1.807) is 24.3 Å². The standard InChI is InChI=1S/C19H21ClO5/c1-12(14-5-7-15(20)8-6-14)25-18(21)11-13-9-16(22-2)19(24-4)17(10-13)23-3/h5-10,12H,11H2,1-4H3/t12-/m0/s1. The molecule has 0 fully saturated rings. The van der Waals surface area contributed by atoms with E-state index in [1.165, 1.54) is 21.3 Å². The molecule has 0 spiro atoms. The molecule has 0 bridgehead atoms. The molecule has 0 saturated carbocycles. The highest BCUT2D eigenvalue weighted by molar-refractivity contribution is 6.30. The summed E-state index contributed by atoms with van der Waals surface area (Å²) < 4.78 is 21.3. The lowest BCUT2D eigenvalue weighted by Gasteiger charge is -2.16. The molecule has 6 heteroatoms. The van der Waals surface area contributed by atoms with Crippen molar-refractivity contribution in [2.24, 2.45) is 0 Å². The largest absolute Gasteiger partial charge is 0.493 e. The van der Waals surface area contributed by atoms with E-state index in [4.69, 9.17) is 30.5 Å². The Bertz CT molecular complexity index is 702. The van der Waals surface area contributed by atoms with Gasteiger partial charge in [0, 0.05) is 5.02 Å². The van der Waals surface area contributed by atoms with Crippen LogP contribution in [0.4, 0.5) is 0 Å². The first-order chi connectivity index (χ1) is 12.0. The van der Waals surface area contributed by atoms with E-state index in [1.807, 2.05) is 19.1 Å². The molecule has 134 valence electrons. The highest BCUT2D eigenvalue weighted by Gasteiger charge is 2.17. The third kappa shape index (κ3) is 4.79. The lowest BCUT2D eigenvalue weighted by Crippen LogP contribution is -2.11. The van der Waals surface area contributed by atoms with E-state index in [2.05, 4.69) is 0 Å². The predicted molar refractivity (Wildman–Crippen MR) is 95.8 cm³/mol. The summed E-state index contributed by atoms with van der Waals surface area (Å²) in [5.41, 5.74) is 1.59. The highest BCUT2D eigenvalue weighted by Crippen LogP contribution is 2.38. The Kier molecular flexibility index (Phi) is 6.53. The van der Waals surface area contributed by atoms with Crippen molar-refractivity contribution in [1.82, 2.24) is 0 Å². The van der Waals surface area contributed by atoms with Gasteiger partial charge < -0.3 is 18.9 Å². The first-order valence-electron chi connectivity index (χ1n) is 7.72. The van der Waals surface area contributed by atoms with Gasteiger partial charge in [-0.05, 0) is 42.3 Å². The first-order valence-corrected chi connectivity index (χ1v) is 8.10. The number of carbonyl (C=O) groups excluding carboxylic acids is 1. The molecule has 1 atom stereocenters. The molecular formula is C19H21ClO5. The first kappa shape index (κ1) is 18.9. The summed E-state index contributed by atoms with van der Waals surface area (Å²) in [4.78, 5) is 12.3. The molecule has 2 rings (SSSR count). The number of esters is 1.